The lowest BCUT2D eigenvalue weighted by atomic mass is 10.4. The van der Waals surface area contributed by atoms with Gasteiger partial charge in [-0.25, -0.2) is 9.78 Å². The van der Waals surface area contributed by atoms with Gasteiger partial charge in [-0.15, -0.1) is 11.6 Å². The van der Waals surface area contributed by atoms with Gasteiger partial charge < -0.3 is 5.32 Å². The Kier molecular flexibility index (Phi) is 4.70. The highest BCUT2D eigenvalue weighted by atomic mass is 35.5. The van der Waals surface area contributed by atoms with E-state index in [-0.39, 0.29) is 6.03 Å². The molecule has 1 aromatic heterocycles. The van der Waals surface area contributed by atoms with Crippen molar-refractivity contribution in [2.24, 2.45) is 0 Å². The summed E-state index contributed by atoms with van der Waals surface area (Å²) in [4.78, 5) is 15.2. The van der Waals surface area contributed by atoms with Crippen molar-refractivity contribution in [1.82, 2.24) is 15.7 Å². The van der Waals surface area contributed by atoms with E-state index in [1.807, 2.05) is 19.1 Å². The Morgan fingerprint density at radius 2 is 2.33 bits per heavy atom. The van der Waals surface area contributed by atoms with Gasteiger partial charge >= 0.3 is 6.03 Å². The fourth-order valence-corrected chi connectivity index (χ4v) is 1.03. The number of anilines is 1. The van der Waals surface area contributed by atoms with Crippen LogP contribution in [0.25, 0.3) is 0 Å². The van der Waals surface area contributed by atoms with Crippen molar-refractivity contribution in [3.8, 4) is 0 Å². The number of aromatic nitrogens is 1. The van der Waals surface area contributed by atoms with Crippen molar-refractivity contribution in [3.05, 3.63) is 23.9 Å². The van der Waals surface area contributed by atoms with E-state index in [1.165, 1.54) is 0 Å². The normalized spacial score (nSPS) is 9.47. The minimum Gasteiger partial charge on any atom is -0.336 e. The van der Waals surface area contributed by atoms with Crippen LogP contribution in [0.5, 0.6) is 0 Å². The van der Waals surface area contributed by atoms with Gasteiger partial charge in [0, 0.05) is 18.1 Å². The van der Waals surface area contributed by atoms with E-state index in [0.29, 0.717) is 18.2 Å². The Bertz CT molecular complexity index is 332. The number of nitrogens with one attached hydrogen (secondary N) is 3. The Balaban J connectivity index is 2.33. The Morgan fingerprint density at radius 3 is 3.00 bits per heavy atom. The maximum absolute atomic E-state index is 11.1. The number of pyridine rings is 1. The predicted octanol–water partition coefficient (Wildman–Crippen LogP) is 1.25. The van der Waals surface area contributed by atoms with Gasteiger partial charge in [0.2, 0.25) is 0 Å². The molecule has 0 atom stereocenters. The van der Waals surface area contributed by atoms with Crippen LogP contribution in [0, 0.1) is 6.92 Å². The first-order valence-electron chi connectivity index (χ1n) is 4.52. The van der Waals surface area contributed by atoms with Crippen molar-refractivity contribution >= 4 is 23.4 Å². The third-order valence-corrected chi connectivity index (χ3v) is 1.76. The van der Waals surface area contributed by atoms with Crippen LogP contribution in [0.4, 0.5) is 10.6 Å². The lowest BCUT2D eigenvalue weighted by Gasteiger charge is -2.08. The first kappa shape index (κ1) is 11.6. The number of nitrogens with zero attached hydrogens (tertiary/aromatic N) is 1. The molecule has 0 saturated carbocycles. The zero-order valence-electron chi connectivity index (χ0n) is 8.38. The van der Waals surface area contributed by atoms with Crippen LogP contribution in [0.3, 0.4) is 0 Å². The Labute approximate surface area is 93.2 Å². The van der Waals surface area contributed by atoms with Crippen molar-refractivity contribution in [3.63, 3.8) is 0 Å². The zero-order chi connectivity index (χ0) is 11.1. The van der Waals surface area contributed by atoms with E-state index in [9.17, 15) is 4.79 Å². The number of urea groups is 1. The van der Waals surface area contributed by atoms with Gasteiger partial charge in [0.15, 0.2) is 0 Å². The van der Waals surface area contributed by atoms with E-state index in [0.717, 1.165) is 5.69 Å². The highest BCUT2D eigenvalue weighted by Crippen LogP contribution is 2.01. The summed E-state index contributed by atoms with van der Waals surface area (Å²) in [6.45, 7) is 2.30. The van der Waals surface area contributed by atoms with Gasteiger partial charge in [0.25, 0.3) is 0 Å². The summed E-state index contributed by atoms with van der Waals surface area (Å²) < 4.78 is 0. The molecule has 1 heterocycles. The van der Waals surface area contributed by atoms with Crippen LogP contribution in [0.15, 0.2) is 18.2 Å². The van der Waals surface area contributed by atoms with Gasteiger partial charge in [-0.05, 0) is 19.1 Å². The smallest absolute Gasteiger partial charge is 0.333 e. The molecule has 0 aliphatic carbocycles. The Hall–Kier alpha value is -1.49. The number of amides is 2. The molecule has 6 heteroatoms. The average molecular weight is 229 g/mol. The van der Waals surface area contributed by atoms with E-state index in [2.05, 4.69) is 21.2 Å². The second kappa shape index (κ2) is 6.08. The molecule has 0 fully saturated rings. The molecule has 2 amide bonds. The fourth-order valence-electron chi connectivity index (χ4n) is 0.938. The standard InChI is InChI=1S/C9H13ClN4O/c1-7-3-2-4-8(12-7)13-14-9(15)11-6-5-10/h2-4H,5-6H2,1H3,(H,12,13)(H2,11,14,15). The van der Waals surface area contributed by atoms with Crippen LogP contribution in [0.1, 0.15) is 5.69 Å². The minimum absolute atomic E-state index is 0.334. The topological polar surface area (TPSA) is 66.0 Å². The molecule has 82 valence electrons. The lowest BCUT2D eigenvalue weighted by molar-refractivity contribution is 0.243. The van der Waals surface area contributed by atoms with Crippen molar-refractivity contribution < 1.29 is 4.79 Å². The predicted molar refractivity (Wildman–Crippen MR) is 59.9 cm³/mol. The number of halogens is 1. The molecule has 15 heavy (non-hydrogen) atoms. The first-order chi connectivity index (χ1) is 7.22. The van der Waals surface area contributed by atoms with Crippen LogP contribution < -0.4 is 16.2 Å². The third kappa shape index (κ3) is 4.51. The molecule has 0 aromatic carbocycles. The number of hydrazine groups is 1. The van der Waals surface area contributed by atoms with Crippen molar-refractivity contribution in [1.29, 1.82) is 0 Å². The number of carbonyl (C=O) groups is 1. The highest BCUT2D eigenvalue weighted by molar-refractivity contribution is 6.18. The van der Waals surface area contributed by atoms with Crippen LogP contribution in [-0.2, 0) is 0 Å². The SMILES string of the molecule is Cc1cccc(NNC(=O)NCCCl)n1. The average Bonchev–Trinajstić information content (AvgIpc) is 2.23. The molecule has 5 nitrogen and oxygen atoms in total. The number of hydrogen-bond donors (Lipinski definition) is 3. The van der Waals surface area contributed by atoms with Gasteiger partial charge in [-0.1, -0.05) is 6.07 Å². The van der Waals surface area contributed by atoms with Gasteiger partial charge in [0.1, 0.15) is 5.82 Å². The van der Waals surface area contributed by atoms with Gasteiger partial charge in [0.05, 0.1) is 0 Å². The van der Waals surface area contributed by atoms with E-state index >= 15 is 0 Å². The van der Waals surface area contributed by atoms with Crippen LogP contribution >= 0.6 is 11.6 Å². The maximum atomic E-state index is 11.1. The molecule has 0 saturated heterocycles. The second-order valence-electron chi connectivity index (χ2n) is 2.86. The number of rotatable bonds is 4. The molecule has 0 aliphatic heterocycles. The number of hydrogen-bond acceptors (Lipinski definition) is 3. The van der Waals surface area contributed by atoms with E-state index in [1.54, 1.807) is 6.07 Å². The quantitative estimate of drug-likeness (QED) is 0.537. The molecule has 0 spiro atoms. The summed E-state index contributed by atoms with van der Waals surface area (Å²) >= 11 is 5.41. The molecular weight excluding hydrogens is 216 g/mol. The molecular formula is C9H13ClN4O. The number of aryl methyl sites for hydroxylation is 1. The van der Waals surface area contributed by atoms with Crippen LogP contribution in [-0.4, -0.2) is 23.4 Å². The molecule has 1 aromatic rings. The molecule has 0 bridgehead atoms. The largest absolute Gasteiger partial charge is 0.336 e. The molecule has 0 aliphatic rings. The minimum atomic E-state index is -0.334. The third-order valence-electron chi connectivity index (χ3n) is 1.57. The van der Waals surface area contributed by atoms with Crippen molar-refractivity contribution in [2.45, 2.75) is 6.92 Å². The van der Waals surface area contributed by atoms with Gasteiger partial charge in [-0.2, -0.15) is 0 Å². The monoisotopic (exact) mass is 228 g/mol. The molecule has 0 unspecified atom stereocenters. The first-order valence-corrected chi connectivity index (χ1v) is 5.05. The molecule has 3 N–H and O–H groups in total. The number of carbonyl (C=O) groups excluding carboxylic acids is 1. The summed E-state index contributed by atoms with van der Waals surface area (Å²) in [5.41, 5.74) is 6.00. The maximum Gasteiger partial charge on any atom is 0.333 e. The van der Waals surface area contributed by atoms with Crippen molar-refractivity contribution in [2.75, 3.05) is 17.9 Å². The second-order valence-corrected chi connectivity index (χ2v) is 3.24. The Morgan fingerprint density at radius 1 is 1.53 bits per heavy atom. The summed E-state index contributed by atoms with van der Waals surface area (Å²) in [6, 6.07) is 5.15. The summed E-state index contributed by atoms with van der Waals surface area (Å²) in [5.74, 6) is 0.979. The summed E-state index contributed by atoms with van der Waals surface area (Å²) in [6.07, 6.45) is 0. The zero-order valence-corrected chi connectivity index (χ0v) is 9.14. The summed E-state index contributed by atoms with van der Waals surface area (Å²) in [5, 5.41) is 2.54. The lowest BCUT2D eigenvalue weighted by Crippen LogP contribution is -2.40. The van der Waals surface area contributed by atoms with E-state index in [4.69, 9.17) is 11.6 Å². The number of alkyl halides is 1. The van der Waals surface area contributed by atoms with E-state index < -0.39 is 0 Å². The molecule has 0 radical (unpaired) electrons. The fraction of sp³-hybridized carbons (Fsp3) is 0.333. The summed E-state index contributed by atoms with van der Waals surface area (Å²) in [7, 11) is 0. The highest BCUT2D eigenvalue weighted by Gasteiger charge is 1.98. The van der Waals surface area contributed by atoms with Crippen LogP contribution in [0.2, 0.25) is 0 Å². The van der Waals surface area contributed by atoms with Gasteiger partial charge in [-0.3, -0.25) is 10.9 Å². The molecule has 1 rings (SSSR count).